The molecule has 110 valence electrons. The Balaban J connectivity index is 1.84. The van der Waals surface area contributed by atoms with Crippen molar-refractivity contribution < 1.29 is 0 Å². The highest BCUT2D eigenvalue weighted by Gasteiger charge is 2.01. The number of anilines is 1. The maximum Gasteiger partial charge on any atom is 0.0648 e. The van der Waals surface area contributed by atoms with Gasteiger partial charge in [-0.1, -0.05) is 54.1 Å². The molecule has 1 N–H and O–H groups in total. The van der Waals surface area contributed by atoms with Crippen LogP contribution in [0.25, 0.3) is 10.8 Å². The zero-order valence-electron chi connectivity index (χ0n) is 12.6. The number of benzene rings is 3. The number of rotatable bonds is 3. The van der Waals surface area contributed by atoms with Gasteiger partial charge in [0.25, 0.3) is 0 Å². The van der Waals surface area contributed by atoms with Gasteiger partial charge < -0.3 is 0 Å². The van der Waals surface area contributed by atoms with Crippen LogP contribution in [0.3, 0.4) is 0 Å². The monoisotopic (exact) mass is 308 g/mol. The van der Waals surface area contributed by atoms with Crippen LogP contribution in [0.5, 0.6) is 0 Å². The summed E-state index contributed by atoms with van der Waals surface area (Å²) in [5.74, 6) is 0. The van der Waals surface area contributed by atoms with E-state index in [1.54, 1.807) is 0 Å². The Bertz CT molecular complexity index is 853. The average molecular weight is 309 g/mol. The van der Waals surface area contributed by atoms with E-state index in [-0.39, 0.29) is 0 Å². The van der Waals surface area contributed by atoms with E-state index in [1.807, 2.05) is 44.2 Å². The number of nitrogens with zero attached hydrogens (tertiary/aromatic N) is 1. The quantitative estimate of drug-likeness (QED) is 0.491. The topological polar surface area (TPSA) is 24.4 Å². The summed E-state index contributed by atoms with van der Waals surface area (Å²) < 4.78 is 0. The second-order valence-corrected chi connectivity index (χ2v) is 5.74. The predicted octanol–water partition coefficient (Wildman–Crippen LogP) is 5.64. The summed E-state index contributed by atoms with van der Waals surface area (Å²) in [5.41, 5.74) is 7.04. The third-order valence-electron chi connectivity index (χ3n) is 3.69. The molecule has 0 saturated carbocycles. The number of halogens is 1. The fraction of sp³-hybridized carbons (Fsp3) is 0.105. The van der Waals surface area contributed by atoms with Crippen molar-refractivity contribution in [2.75, 3.05) is 5.43 Å². The van der Waals surface area contributed by atoms with Gasteiger partial charge in [0.1, 0.15) is 0 Å². The molecule has 3 aromatic rings. The molecule has 22 heavy (non-hydrogen) atoms. The van der Waals surface area contributed by atoms with Gasteiger partial charge in [-0.2, -0.15) is 5.10 Å². The number of hydrazone groups is 1. The van der Waals surface area contributed by atoms with E-state index in [4.69, 9.17) is 11.6 Å². The molecule has 0 bridgehead atoms. The van der Waals surface area contributed by atoms with Gasteiger partial charge in [-0.3, -0.25) is 5.43 Å². The predicted molar refractivity (Wildman–Crippen MR) is 96.0 cm³/mol. The van der Waals surface area contributed by atoms with Crippen LogP contribution in [0, 0.1) is 6.92 Å². The molecule has 0 unspecified atom stereocenters. The number of nitrogens with one attached hydrogen (secondary N) is 1. The molecule has 0 spiro atoms. The Morgan fingerprint density at radius 1 is 0.955 bits per heavy atom. The Labute approximate surface area is 135 Å². The second-order valence-electron chi connectivity index (χ2n) is 5.33. The van der Waals surface area contributed by atoms with Gasteiger partial charge in [-0.25, -0.2) is 0 Å². The molecule has 0 aromatic heterocycles. The number of fused-ring (bicyclic) bond motifs is 1. The van der Waals surface area contributed by atoms with Crippen LogP contribution in [-0.2, 0) is 0 Å². The summed E-state index contributed by atoms with van der Waals surface area (Å²) in [6, 6.07) is 20.5. The van der Waals surface area contributed by atoms with Crippen LogP contribution >= 0.6 is 11.6 Å². The fourth-order valence-corrected chi connectivity index (χ4v) is 2.47. The molecule has 3 rings (SSSR count). The smallest absolute Gasteiger partial charge is 0.0648 e. The van der Waals surface area contributed by atoms with Crippen molar-refractivity contribution in [2.45, 2.75) is 13.8 Å². The van der Waals surface area contributed by atoms with Crippen LogP contribution in [0.2, 0.25) is 5.02 Å². The Hall–Kier alpha value is -2.32. The standard InChI is InChI=1S/C19H17ClN2/c1-13-7-10-18(12-19(13)20)22-21-14(2)16-9-8-15-5-3-4-6-17(15)11-16/h3-12,22H,1-2H3/b21-14-. The summed E-state index contributed by atoms with van der Waals surface area (Å²) in [7, 11) is 0. The Morgan fingerprint density at radius 3 is 2.50 bits per heavy atom. The lowest BCUT2D eigenvalue weighted by atomic mass is 10.0. The molecule has 3 aromatic carbocycles. The molecule has 0 radical (unpaired) electrons. The minimum atomic E-state index is 0.739. The highest BCUT2D eigenvalue weighted by molar-refractivity contribution is 6.31. The molecule has 0 fully saturated rings. The molecule has 3 heteroatoms. The van der Waals surface area contributed by atoms with Gasteiger partial charge in [-0.05, 0) is 53.9 Å². The number of aryl methyl sites for hydroxylation is 1. The molecule has 0 saturated heterocycles. The number of hydrogen-bond donors (Lipinski definition) is 1. The third-order valence-corrected chi connectivity index (χ3v) is 4.10. The van der Waals surface area contributed by atoms with E-state index in [0.717, 1.165) is 27.5 Å². The first kappa shape index (κ1) is 14.6. The van der Waals surface area contributed by atoms with Gasteiger partial charge in [0.15, 0.2) is 0 Å². The summed E-state index contributed by atoms with van der Waals surface area (Å²) in [5, 5.41) is 7.64. The Kier molecular flexibility index (Phi) is 4.12. The Morgan fingerprint density at radius 2 is 1.73 bits per heavy atom. The maximum absolute atomic E-state index is 6.12. The van der Waals surface area contributed by atoms with Crippen molar-refractivity contribution in [3.63, 3.8) is 0 Å². The van der Waals surface area contributed by atoms with Crippen LogP contribution in [0.15, 0.2) is 65.8 Å². The van der Waals surface area contributed by atoms with Crippen molar-refractivity contribution in [2.24, 2.45) is 5.10 Å². The summed E-state index contributed by atoms with van der Waals surface area (Å²) in [6.07, 6.45) is 0. The summed E-state index contributed by atoms with van der Waals surface area (Å²) >= 11 is 6.12. The normalized spacial score (nSPS) is 11.7. The molecule has 0 heterocycles. The van der Waals surface area contributed by atoms with Crippen LogP contribution in [0.4, 0.5) is 5.69 Å². The van der Waals surface area contributed by atoms with Crippen molar-refractivity contribution in [1.29, 1.82) is 0 Å². The molecule has 0 aliphatic rings. The van der Waals surface area contributed by atoms with Gasteiger partial charge in [-0.15, -0.1) is 0 Å². The molecule has 2 nitrogen and oxygen atoms in total. The SMILES string of the molecule is C/C(=N/Nc1ccc(C)c(Cl)c1)c1ccc2ccccc2c1. The van der Waals surface area contributed by atoms with E-state index in [1.165, 1.54) is 10.8 Å². The molecule has 0 atom stereocenters. The molecular formula is C19H17ClN2. The first-order valence-corrected chi connectivity index (χ1v) is 7.57. The van der Waals surface area contributed by atoms with Gasteiger partial charge in [0.05, 0.1) is 11.4 Å². The van der Waals surface area contributed by atoms with Crippen molar-refractivity contribution in [1.82, 2.24) is 0 Å². The minimum absolute atomic E-state index is 0.739. The van der Waals surface area contributed by atoms with E-state index in [2.05, 4.69) is 40.9 Å². The largest absolute Gasteiger partial charge is 0.278 e. The van der Waals surface area contributed by atoms with Gasteiger partial charge in [0.2, 0.25) is 0 Å². The highest BCUT2D eigenvalue weighted by Crippen LogP contribution is 2.20. The highest BCUT2D eigenvalue weighted by atomic mass is 35.5. The zero-order valence-corrected chi connectivity index (χ0v) is 13.4. The van der Waals surface area contributed by atoms with Crippen LogP contribution in [0.1, 0.15) is 18.1 Å². The lowest BCUT2D eigenvalue weighted by Crippen LogP contribution is -1.99. The van der Waals surface area contributed by atoms with Crippen LogP contribution < -0.4 is 5.43 Å². The summed E-state index contributed by atoms with van der Waals surface area (Å²) in [6.45, 7) is 3.97. The number of hydrogen-bond acceptors (Lipinski definition) is 2. The van der Waals surface area contributed by atoms with Crippen molar-refractivity contribution in [3.05, 3.63) is 76.8 Å². The second kappa shape index (κ2) is 6.20. The lowest BCUT2D eigenvalue weighted by molar-refractivity contribution is 1.31. The molecule has 0 amide bonds. The first-order valence-electron chi connectivity index (χ1n) is 7.19. The van der Waals surface area contributed by atoms with Crippen molar-refractivity contribution in [3.8, 4) is 0 Å². The van der Waals surface area contributed by atoms with Crippen molar-refractivity contribution >= 4 is 33.8 Å². The summed E-state index contributed by atoms with van der Waals surface area (Å²) in [4.78, 5) is 0. The average Bonchev–Trinajstić information content (AvgIpc) is 2.55. The van der Waals surface area contributed by atoms with Crippen LogP contribution in [-0.4, -0.2) is 5.71 Å². The maximum atomic E-state index is 6.12. The fourth-order valence-electron chi connectivity index (χ4n) is 2.29. The van der Waals surface area contributed by atoms with Gasteiger partial charge in [0, 0.05) is 5.02 Å². The molecular weight excluding hydrogens is 292 g/mol. The first-order chi connectivity index (χ1) is 10.6. The van der Waals surface area contributed by atoms with E-state index >= 15 is 0 Å². The molecule has 0 aliphatic carbocycles. The third kappa shape index (κ3) is 3.12. The van der Waals surface area contributed by atoms with Gasteiger partial charge >= 0.3 is 0 Å². The molecule has 0 aliphatic heterocycles. The van der Waals surface area contributed by atoms with E-state index in [0.29, 0.717) is 0 Å². The minimum Gasteiger partial charge on any atom is -0.278 e. The lowest BCUT2D eigenvalue weighted by Gasteiger charge is -2.06. The zero-order chi connectivity index (χ0) is 15.5. The van der Waals surface area contributed by atoms with E-state index < -0.39 is 0 Å². The van der Waals surface area contributed by atoms with E-state index in [9.17, 15) is 0 Å².